The molecule has 0 saturated carbocycles. The van der Waals surface area contributed by atoms with Crippen LogP contribution in [-0.2, 0) is 38.5 Å². The van der Waals surface area contributed by atoms with E-state index in [1.165, 1.54) is 24.3 Å². The average Bonchev–Trinajstić information content (AvgIpc) is 3.57. The zero-order valence-electron chi connectivity index (χ0n) is 19.1. The summed E-state index contributed by atoms with van der Waals surface area (Å²) in [7, 11) is -4.15. The maximum absolute atomic E-state index is 13.0. The second kappa shape index (κ2) is 10.7. The van der Waals surface area contributed by atoms with E-state index in [0.29, 0.717) is 11.3 Å². The van der Waals surface area contributed by atoms with Crippen LogP contribution >= 0.6 is 11.3 Å². The van der Waals surface area contributed by atoms with Gasteiger partial charge in [-0.25, -0.2) is 23.0 Å². The van der Waals surface area contributed by atoms with Crippen molar-refractivity contribution < 1.29 is 57.5 Å². The molecule has 2 aromatic rings. The molecule has 0 radical (unpaired) electrons. The molecular weight excluding hydrogens is 550 g/mol. The van der Waals surface area contributed by atoms with E-state index in [4.69, 9.17) is 19.7 Å². The van der Waals surface area contributed by atoms with E-state index in [0.717, 1.165) is 6.20 Å². The normalized spacial score (nSPS) is 25.2. The number of ketones is 2. The highest BCUT2D eigenvalue weighted by molar-refractivity contribution is 7.93. The first-order valence-corrected chi connectivity index (χ1v) is 13.2. The zero-order chi connectivity index (χ0) is 27.8. The van der Waals surface area contributed by atoms with E-state index < -0.39 is 83.1 Å². The van der Waals surface area contributed by atoms with Gasteiger partial charge in [-0.15, -0.1) is 0 Å². The summed E-state index contributed by atoms with van der Waals surface area (Å²) >= 11 is 0.629. The Morgan fingerprint density at radius 1 is 0.868 bits per heavy atom. The van der Waals surface area contributed by atoms with Gasteiger partial charge in [0.25, 0.3) is 0 Å². The fraction of sp³-hybridized carbons (Fsp3) is 0.381. The Bertz CT molecular complexity index is 1360. The molecule has 2 aliphatic heterocycles. The number of thiazole rings is 1. The number of hydrogen-bond acceptors (Lipinski definition) is 16. The Labute approximate surface area is 217 Å². The highest BCUT2D eigenvalue weighted by Crippen LogP contribution is 2.30. The number of carbonyl (C=O) groups excluding carboxylic acids is 4. The first kappa shape index (κ1) is 27.6. The lowest BCUT2D eigenvalue weighted by molar-refractivity contribution is -0.149. The smallest absolute Gasteiger partial charge is 0.337 e. The molecule has 0 bridgehead atoms. The van der Waals surface area contributed by atoms with Crippen LogP contribution in [0.25, 0.3) is 0 Å². The van der Waals surface area contributed by atoms with Gasteiger partial charge in [-0.2, -0.15) is 0 Å². The van der Waals surface area contributed by atoms with E-state index in [9.17, 15) is 37.8 Å². The van der Waals surface area contributed by atoms with Gasteiger partial charge < -0.3 is 40.5 Å². The molecule has 4 rings (SSSR count). The fourth-order valence-electron chi connectivity index (χ4n) is 3.64. The molecule has 0 amide bonds. The molecule has 15 nitrogen and oxygen atoms in total. The lowest BCUT2D eigenvalue weighted by Gasteiger charge is -2.13. The van der Waals surface area contributed by atoms with Crippen molar-refractivity contribution in [1.29, 1.82) is 0 Å². The molecule has 17 heteroatoms. The third-order valence-corrected chi connectivity index (χ3v) is 8.73. The summed E-state index contributed by atoms with van der Waals surface area (Å²) < 4.78 is 35.2. The van der Waals surface area contributed by atoms with Crippen molar-refractivity contribution in [2.24, 2.45) is 0 Å². The van der Waals surface area contributed by atoms with Crippen molar-refractivity contribution >= 4 is 55.4 Å². The number of aromatic nitrogens is 1. The molecule has 1 aromatic carbocycles. The molecule has 6 atom stereocenters. The quantitative estimate of drug-likeness (QED) is 0.125. The summed E-state index contributed by atoms with van der Waals surface area (Å²) in [5, 5.41) is 42.3. The second-order valence-corrected chi connectivity index (χ2v) is 11.3. The SMILES string of the molecule is O=C1OC(C(O)CO)C(=O)C1Nc1ccc(S(=O)(=O)c2ncc(NC3C(=O)OC(C(O)CO)C3=O)s2)cc1. The molecule has 2 fully saturated rings. The predicted molar refractivity (Wildman–Crippen MR) is 125 cm³/mol. The maximum Gasteiger partial charge on any atom is 0.337 e. The second-order valence-electron chi connectivity index (χ2n) is 8.19. The minimum Gasteiger partial charge on any atom is -0.449 e. The Kier molecular flexibility index (Phi) is 7.77. The van der Waals surface area contributed by atoms with Crippen molar-refractivity contribution in [2.45, 2.75) is 45.7 Å². The highest BCUT2D eigenvalue weighted by atomic mass is 32.2. The molecule has 6 N–H and O–H groups in total. The zero-order valence-corrected chi connectivity index (χ0v) is 20.7. The van der Waals surface area contributed by atoms with Crippen LogP contribution in [0.5, 0.6) is 0 Å². The van der Waals surface area contributed by atoms with Crippen LogP contribution in [-0.4, -0.2) is 107 Å². The summed E-state index contributed by atoms with van der Waals surface area (Å²) in [4.78, 5) is 52.2. The Morgan fingerprint density at radius 2 is 1.37 bits per heavy atom. The van der Waals surface area contributed by atoms with E-state index in [1.807, 2.05) is 0 Å². The largest absolute Gasteiger partial charge is 0.449 e. The van der Waals surface area contributed by atoms with Crippen LogP contribution in [0.3, 0.4) is 0 Å². The summed E-state index contributed by atoms with van der Waals surface area (Å²) in [6.07, 6.45) is -5.16. The van der Waals surface area contributed by atoms with Crippen molar-refractivity contribution in [2.75, 3.05) is 23.8 Å². The number of sulfone groups is 1. The van der Waals surface area contributed by atoms with Gasteiger partial charge in [-0.1, -0.05) is 11.3 Å². The van der Waals surface area contributed by atoms with Gasteiger partial charge in [0, 0.05) is 5.69 Å². The fourth-order valence-corrected chi connectivity index (χ4v) is 6.10. The molecule has 2 aliphatic rings. The van der Waals surface area contributed by atoms with Crippen LogP contribution < -0.4 is 10.6 Å². The molecule has 6 unspecified atom stereocenters. The average molecular weight is 572 g/mol. The first-order valence-electron chi connectivity index (χ1n) is 10.9. The molecular formula is C21H21N3O12S2. The van der Waals surface area contributed by atoms with Crippen LogP contribution in [0.4, 0.5) is 10.7 Å². The number of aliphatic hydroxyl groups is 4. The van der Waals surface area contributed by atoms with E-state index in [1.54, 1.807) is 0 Å². The molecule has 2 saturated heterocycles. The molecule has 204 valence electrons. The lowest BCUT2D eigenvalue weighted by atomic mass is 10.1. The number of anilines is 2. The lowest BCUT2D eigenvalue weighted by Crippen LogP contribution is -2.39. The standard InChI is InChI=1S/C21H21N3O12S2/c25-6-10(27)17-15(29)13(19(31)35-17)23-8-1-3-9(4-2-8)38(33,34)21-22-5-12(37-21)24-14-16(30)18(11(28)7-26)36-20(14)32/h1-5,10-11,13-14,17-18,23-28H,6-7H2. The number of nitrogens with one attached hydrogen (secondary N) is 2. The molecule has 1 aromatic heterocycles. The number of rotatable bonds is 10. The number of benzene rings is 1. The third-order valence-electron chi connectivity index (χ3n) is 5.64. The summed E-state index contributed by atoms with van der Waals surface area (Å²) in [6.45, 7) is -1.59. The van der Waals surface area contributed by atoms with E-state index in [-0.39, 0.29) is 19.9 Å². The van der Waals surface area contributed by atoms with Crippen molar-refractivity contribution in [3.8, 4) is 0 Å². The summed E-state index contributed by atoms with van der Waals surface area (Å²) in [6, 6.07) is 1.97. The minimum absolute atomic E-state index is 0.0502. The molecule has 3 heterocycles. The number of ether oxygens (including phenoxy) is 2. The number of esters is 2. The van der Waals surface area contributed by atoms with Gasteiger partial charge in [-0.3, -0.25) is 9.59 Å². The maximum atomic E-state index is 13.0. The van der Waals surface area contributed by atoms with Gasteiger partial charge in [-0.05, 0) is 24.3 Å². The minimum atomic E-state index is -4.15. The van der Waals surface area contributed by atoms with Crippen molar-refractivity contribution in [3.63, 3.8) is 0 Å². The molecule has 0 spiro atoms. The van der Waals surface area contributed by atoms with Gasteiger partial charge in [0.05, 0.1) is 24.3 Å². The van der Waals surface area contributed by atoms with Gasteiger partial charge in [0.2, 0.25) is 25.7 Å². The highest BCUT2D eigenvalue weighted by Gasteiger charge is 2.48. The topological polar surface area (TPSA) is 239 Å². The van der Waals surface area contributed by atoms with Gasteiger partial charge in [0.15, 0.2) is 24.3 Å². The number of Topliss-reactive ketones (excluding diaryl/α,β-unsaturated/α-hetero) is 2. The Morgan fingerprint density at radius 3 is 1.87 bits per heavy atom. The van der Waals surface area contributed by atoms with Crippen LogP contribution in [0.1, 0.15) is 0 Å². The number of aliphatic hydroxyl groups excluding tert-OH is 4. The Hall–Kier alpha value is -3.48. The molecule has 0 aliphatic carbocycles. The van der Waals surface area contributed by atoms with E-state index >= 15 is 0 Å². The monoisotopic (exact) mass is 571 g/mol. The number of nitrogens with zero attached hydrogens (tertiary/aromatic N) is 1. The number of cyclic esters (lactones) is 2. The summed E-state index contributed by atoms with van der Waals surface area (Å²) in [5.74, 6) is -3.60. The van der Waals surface area contributed by atoms with E-state index in [2.05, 4.69) is 15.6 Å². The van der Waals surface area contributed by atoms with Crippen LogP contribution in [0, 0.1) is 0 Å². The number of carbonyl (C=O) groups is 4. The van der Waals surface area contributed by atoms with Crippen LogP contribution in [0.15, 0.2) is 39.7 Å². The first-order chi connectivity index (χ1) is 18.0. The van der Waals surface area contributed by atoms with Crippen LogP contribution in [0.2, 0.25) is 0 Å². The Balaban J connectivity index is 1.44. The van der Waals surface area contributed by atoms with Gasteiger partial charge in [0.1, 0.15) is 17.2 Å². The molecule has 38 heavy (non-hydrogen) atoms. The van der Waals surface area contributed by atoms with Gasteiger partial charge >= 0.3 is 11.9 Å². The predicted octanol–water partition coefficient (Wildman–Crippen LogP) is -2.77. The summed E-state index contributed by atoms with van der Waals surface area (Å²) in [5.41, 5.74) is 0.192. The number of hydrogen-bond donors (Lipinski definition) is 6. The van der Waals surface area contributed by atoms with Crippen molar-refractivity contribution in [1.82, 2.24) is 4.98 Å². The van der Waals surface area contributed by atoms with Crippen molar-refractivity contribution in [3.05, 3.63) is 30.5 Å². The third kappa shape index (κ3) is 5.11.